The Morgan fingerprint density at radius 2 is 1.70 bits per heavy atom. The van der Waals surface area contributed by atoms with Crippen LogP contribution in [0.4, 0.5) is 5.69 Å². The molecule has 2 nitrogen and oxygen atoms in total. The molecule has 0 bridgehead atoms. The molecule has 0 aliphatic carbocycles. The fourth-order valence-corrected chi connectivity index (χ4v) is 2.63. The van der Waals surface area contributed by atoms with E-state index in [9.17, 15) is 0 Å². The number of hydrogen-bond acceptors (Lipinski definition) is 2. The van der Waals surface area contributed by atoms with Gasteiger partial charge in [-0.15, -0.1) is 0 Å². The van der Waals surface area contributed by atoms with Gasteiger partial charge in [-0.25, -0.2) is 0 Å². The van der Waals surface area contributed by atoms with Crippen LogP contribution in [0.15, 0.2) is 30.3 Å². The molecular weight excluding hydrogens is 244 g/mol. The molecule has 0 saturated heterocycles. The van der Waals surface area contributed by atoms with Gasteiger partial charge in [-0.05, 0) is 44.4 Å². The summed E-state index contributed by atoms with van der Waals surface area (Å²) in [7, 11) is 0. The average Bonchev–Trinajstić information content (AvgIpc) is 2.50. The summed E-state index contributed by atoms with van der Waals surface area (Å²) in [5, 5.41) is 3.57. The highest BCUT2D eigenvalue weighted by Gasteiger charge is 2.08. The molecule has 1 rings (SSSR count). The van der Waals surface area contributed by atoms with Gasteiger partial charge in [-0.2, -0.15) is 0 Å². The molecule has 0 heterocycles. The Kier molecular flexibility index (Phi) is 9.14. The van der Waals surface area contributed by atoms with Crippen molar-refractivity contribution in [3.8, 4) is 0 Å². The minimum Gasteiger partial charge on any atom is -0.372 e. The third-order valence-corrected chi connectivity index (χ3v) is 3.87. The Bertz CT molecular complexity index is 323. The molecular formula is C18H32N2. The molecule has 114 valence electrons. The highest BCUT2D eigenvalue weighted by molar-refractivity contribution is 5.45. The number of benzene rings is 1. The molecule has 0 amide bonds. The second-order valence-corrected chi connectivity index (χ2v) is 5.48. The molecule has 1 atom stereocenters. The van der Waals surface area contributed by atoms with Crippen LogP contribution in [0.2, 0.25) is 0 Å². The largest absolute Gasteiger partial charge is 0.372 e. The molecule has 1 aromatic rings. The maximum Gasteiger partial charge on any atom is 0.0366 e. The molecule has 0 saturated carbocycles. The monoisotopic (exact) mass is 276 g/mol. The van der Waals surface area contributed by atoms with E-state index >= 15 is 0 Å². The van der Waals surface area contributed by atoms with Crippen molar-refractivity contribution >= 4 is 5.69 Å². The van der Waals surface area contributed by atoms with Crippen molar-refractivity contribution in [1.82, 2.24) is 5.32 Å². The predicted octanol–water partition coefficient (Wildman–Crippen LogP) is 4.46. The van der Waals surface area contributed by atoms with Gasteiger partial charge in [0.1, 0.15) is 0 Å². The first-order valence-corrected chi connectivity index (χ1v) is 8.35. The van der Waals surface area contributed by atoms with Crippen molar-refractivity contribution in [2.45, 2.75) is 58.9 Å². The van der Waals surface area contributed by atoms with Crippen LogP contribution in [0.25, 0.3) is 0 Å². The zero-order valence-corrected chi connectivity index (χ0v) is 13.6. The number of nitrogens with zero attached hydrogens (tertiary/aromatic N) is 1. The lowest BCUT2D eigenvalue weighted by molar-refractivity contribution is 0.465. The molecule has 0 fully saturated rings. The van der Waals surface area contributed by atoms with Gasteiger partial charge in [0.25, 0.3) is 0 Å². The maximum absolute atomic E-state index is 3.57. The first-order valence-electron chi connectivity index (χ1n) is 8.35. The number of anilines is 1. The van der Waals surface area contributed by atoms with Crippen LogP contribution in [-0.4, -0.2) is 25.7 Å². The van der Waals surface area contributed by atoms with Gasteiger partial charge in [0.15, 0.2) is 0 Å². The van der Waals surface area contributed by atoms with Gasteiger partial charge < -0.3 is 10.2 Å². The molecule has 0 aliphatic heterocycles. The topological polar surface area (TPSA) is 15.3 Å². The second-order valence-electron chi connectivity index (χ2n) is 5.48. The predicted molar refractivity (Wildman–Crippen MR) is 90.6 cm³/mol. The standard InChI is InChI=1S/C18H32N2/c1-4-7-15-20(18-13-9-8-10-14-18)16-11-12-17(5-2)19-6-3/h8-10,13-14,17,19H,4-7,11-12,15-16H2,1-3H3. The summed E-state index contributed by atoms with van der Waals surface area (Å²) in [6.07, 6.45) is 6.32. The van der Waals surface area contributed by atoms with E-state index in [2.05, 4.69) is 61.3 Å². The molecule has 0 aromatic heterocycles. The number of nitrogens with one attached hydrogen (secondary N) is 1. The van der Waals surface area contributed by atoms with Crippen LogP contribution in [0, 0.1) is 0 Å². The number of para-hydroxylation sites is 1. The molecule has 1 aromatic carbocycles. The zero-order valence-electron chi connectivity index (χ0n) is 13.6. The summed E-state index contributed by atoms with van der Waals surface area (Å²) in [6, 6.07) is 11.5. The van der Waals surface area contributed by atoms with Gasteiger partial charge in [-0.3, -0.25) is 0 Å². The summed E-state index contributed by atoms with van der Waals surface area (Å²) >= 11 is 0. The van der Waals surface area contributed by atoms with E-state index in [0.717, 1.165) is 6.54 Å². The summed E-state index contributed by atoms with van der Waals surface area (Å²) in [4.78, 5) is 2.54. The SMILES string of the molecule is CCCCN(CCCC(CC)NCC)c1ccccc1. The van der Waals surface area contributed by atoms with Crippen molar-refractivity contribution < 1.29 is 0 Å². The average molecular weight is 276 g/mol. The van der Waals surface area contributed by atoms with Crippen LogP contribution in [-0.2, 0) is 0 Å². The lowest BCUT2D eigenvalue weighted by Crippen LogP contribution is -2.31. The van der Waals surface area contributed by atoms with E-state index in [-0.39, 0.29) is 0 Å². The van der Waals surface area contributed by atoms with Gasteiger partial charge in [0, 0.05) is 24.8 Å². The zero-order chi connectivity index (χ0) is 14.6. The molecule has 1 unspecified atom stereocenters. The van der Waals surface area contributed by atoms with Crippen molar-refractivity contribution in [2.75, 3.05) is 24.5 Å². The van der Waals surface area contributed by atoms with E-state index < -0.39 is 0 Å². The summed E-state index contributed by atoms with van der Waals surface area (Å²) in [6.45, 7) is 10.2. The Morgan fingerprint density at radius 3 is 2.30 bits per heavy atom. The summed E-state index contributed by atoms with van der Waals surface area (Å²) in [5.74, 6) is 0. The second kappa shape index (κ2) is 10.7. The van der Waals surface area contributed by atoms with E-state index in [4.69, 9.17) is 0 Å². The van der Waals surface area contributed by atoms with Crippen LogP contribution in [0.1, 0.15) is 52.9 Å². The summed E-state index contributed by atoms with van der Waals surface area (Å²) < 4.78 is 0. The van der Waals surface area contributed by atoms with Crippen molar-refractivity contribution in [1.29, 1.82) is 0 Å². The third kappa shape index (κ3) is 6.42. The first-order chi connectivity index (χ1) is 9.81. The Labute approximate surface area is 125 Å². The Hall–Kier alpha value is -1.02. The molecule has 20 heavy (non-hydrogen) atoms. The minimum absolute atomic E-state index is 0.684. The molecule has 0 spiro atoms. The quantitative estimate of drug-likeness (QED) is 0.642. The number of rotatable bonds is 11. The third-order valence-electron chi connectivity index (χ3n) is 3.87. The molecule has 1 N–H and O–H groups in total. The van der Waals surface area contributed by atoms with Crippen LogP contribution < -0.4 is 10.2 Å². The van der Waals surface area contributed by atoms with Crippen molar-refractivity contribution in [3.63, 3.8) is 0 Å². The first kappa shape index (κ1) is 17.0. The van der Waals surface area contributed by atoms with E-state index in [1.807, 2.05) is 0 Å². The number of hydrogen-bond donors (Lipinski definition) is 1. The molecule has 0 aliphatic rings. The highest BCUT2D eigenvalue weighted by atomic mass is 15.1. The van der Waals surface area contributed by atoms with Crippen molar-refractivity contribution in [3.05, 3.63) is 30.3 Å². The van der Waals surface area contributed by atoms with Crippen LogP contribution >= 0.6 is 0 Å². The fourth-order valence-electron chi connectivity index (χ4n) is 2.63. The number of unbranched alkanes of at least 4 members (excludes halogenated alkanes) is 1. The van der Waals surface area contributed by atoms with E-state index in [0.29, 0.717) is 6.04 Å². The summed E-state index contributed by atoms with van der Waals surface area (Å²) in [5.41, 5.74) is 1.37. The Balaban J connectivity index is 2.45. The maximum atomic E-state index is 3.57. The van der Waals surface area contributed by atoms with Gasteiger partial charge in [0.2, 0.25) is 0 Å². The van der Waals surface area contributed by atoms with Crippen molar-refractivity contribution in [2.24, 2.45) is 0 Å². The minimum atomic E-state index is 0.684. The highest BCUT2D eigenvalue weighted by Crippen LogP contribution is 2.15. The smallest absolute Gasteiger partial charge is 0.0366 e. The van der Waals surface area contributed by atoms with E-state index in [1.54, 1.807) is 0 Å². The van der Waals surface area contributed by atoms with Crippen LogP contribution in [0.3, 0.4) is 0 Å². The Morgan fingerprint density at radius 1 is 1.00 bits per heavy atom. The van der Waals surface area contributed by atoms with E-state index in [1.165, 1.54) is 50.9 Å². The lowest BCUT2D eigenvalue weighted by atomic mass is 10.1. The normalized spacial score (nSPS) is 12.3. The molecule has 0 radical (unpaired) electrons. The van der Waals surface area contributed by atoms with Gasteiger partial charge in [-0.1, -0.05) is 45.4 Å². The van der Waals surface area contributed by atoms with Gasteiger partial charge in [0.05, 0.1) is 0 Å². The van der Waals surface area contributed by atoms with Gasteiger partial charge >= 0.3 is 0 Å². The fraction of sp³-hybridized carbons (Fsp3) is 0.667. The van der Waals surface area contributed by atoms with Crippen LogP contribution in [0.5, 0.6) is 0 Å². The molecule has 2 heteroatoms. The lowest BCUT2D eigenvalue weighted by Gasteiger charge is -2.26.